The molecule has 0 fully saturated rings. The average Bonchev–Trinajstić information content (AvgIpc) is 3.27. The van der Waals surface area contributed by atoms with Gasteiger partial charge in [-0.05, 0) is 72.7 Å². The Morgan fingerprint density at radius 2 is 1.62 bits per heavy atom. The van der Waals surface area contributed by atoms with Gasteiger partial charge in [0.15, 0.2) is 0 Å². The molecule has 0 aliphatic heterocycles. The summed E-state index contributed by atoms with van der Waals surface area (Å²) in [4.78, 5) is 10.3. The number of carbonyl (C=O) groups is 1. The third-order valence-corrected chi connectivity index (χ3v) is 7.63. The van der Waals surface area contributed by atoms with Crippen molar-refractivity contribution in [1.29, 1.82) is 0 Å². The minimum Gasteiger partial charge on any atom is -0.545 e. The molecule has 0 saturated heterocycles. The number of aromatic carboxylic acids is 1. The Balaban J connectivity index is 0.00000380. The molecule has 3 aromatic carbocycles. The number of anilines is 1. The zero-order valence-corrected chi connectivity index (χ0v) is 23.2. The first-order valence-electron chi connectivity index (χ1n) is 11.3. The van der Waals surface area contributed by atoms with Crippen LogP contribution in [0.25, 0.3) is 0 Å². The van der Waals surface area contributed by atoms with Crippen molar-refractivity contribution in [2.24, 2.45) is 0 Å². The number of sulfonamides is 1. The first-order chi connectivity index (χ1) is 17.0. The Labute approximate surface area is 235 Å². The van der Waals surface area contributed by atoms with Crippen LogP contribution in [0.3, 0.4) is 0 Å². The van der Waals surface area contributed by atoms with E-state index in [-0.39, 0.29) is 53.2 Å². The van der Waals surface area contributed by atoms with Crippen LogP contribution in [0.1, 0.15) is 40.4 Å². The second-order valence-electron chi connectivity index (χ2n) is 8.64. The number of halogens is 3. The van der Waals surface area contributed by atoms with Crippen molar-refractivity contribution in [2.45, 2.75) is 43.9 Å². The Morgan fingerprint density at radius 1 is 1.03 bits per heavy atom. The van der Waals surface area contributed by atoms with Crippen LogP contribution in [-0.2, 0) is 29.5 Å². The molecule has 6 nitrogen and oxygen atoms in total. The molecule has 4 rings (SSSR count). The van der Waals surface area contributed by atoms with E-state index in [0.717, 1.165) is 28.3 Å². The van der Waals surface area contributed by atoms with Crippen molar-refractivity contribution in [2.75, 3.05) is 10.8 Å². The average molecular weight is 542 g/mol. The van der Waals surface area contributed by atoms with Crippen LogP contribution in [0.15, 0.2) is 59.5 Å². The third-order valence-electron chi connectivity index (χ3n) is 5.87. The zero-order valence-electron chi connectivity index (χ0n) is 20.3. The quantitative estimate of drug-likeness (QED) is 0.377. The fraction of sp³-hybridized carbons (Fsp3) is 0.269. The molecule has 0 aromatic heterocycles. The van der Waals surface area contributed by atoms with Gasteiger partial charge < -0.3 is 14.6 Å². The van der Waals surface area contributed by atoms with Crippen LogP contribution in [0.5, 0.6) is 5.75 Å². The summed E-state index contributed by atoms with van der Waals surface area (Å²) in [6.45, 7) is 0.546. The van der Waals surface area contributed by atoms with Crippen LogP contribution in [0.4, 0.5) is 18.9 Å². The molecule has 3 aromatic rings. The summed E-state index contributed by atoms with van der Waals surface area (Å²) in [5, 5.41) is 11.0. The number of rotatable bonds is 9. The summed E-state index contributed by atoms with van der Waals surface area (Å²) >= 11 is 0. The number of alkyl halides is 1. The molecule has 0 amide bonds. The van der Waals surface area contributed by atoms with Crippen molar-refractivity contribution in [3.63, 3.8) is 0 Å². The molecule has 1 aliphatic carbocycles. The van der Waals surface area contributed by atoms with Gasteiger partial charge in [-0.25, -0.2) is 21.6 Å². The largest absolute Gasteiger partial charge is 1.00 e. The maximum Gasteiger partial charge on any atom is 1.00 e. The number of aryl methyl sites for hydroxylation is 2. The number of ether oxygens (including phenoxy) is 1. The molecular formula is C26H23F3NNaO5S. The van der Waals surface area contributed by atoms with Gasteiger partial charge in [-0.2, -0.15) is 0 Å². The third kappa shape index (κ3) is 6.67. The Kier molecular flexibility index (Phi) is 9.33. The smallest absolute Gasteiger partial charge is 0.545 e. The summed E-state index contributed by atoms with van der Waals surface area (Å²) in [6.07, 6.45) is 0.704. The molecule has 37 heavy (non-hydrogen) atoms. The zero-order chi connectivity index (χ0) is 26.0. The van der Waals surface area contributed by atoms with E-state index in [2.05, 4.69) is 0 Å². The monoisotopic (exact) mass is 541 g/mol. The van der Waals surface area contributed by atoms with E-state index in [1.54, 1.807) is 12.1 Å². The summed E-state index contributed by atoms with van der Waals surface area (Å²) in [5.41, 5.74) is 2.49. The van der Waals surface area contributed by atoms with Crippen molar-refractivity contribution in [1.82, 2.24) is 0 Å². The second kappa shape index (κ2) is 11.9. The van der Waals surface area contributed by atoms with E-state index in [4.69, 9.17) is 4.74 Å². The topological polar surface area (TPSA) is 86.7 Å². The normalized spacial score (nSPS) is 13.4. The minimum atomic E-state index is -4.57. The van der Waals surface area contributed by atoms with Crippen molar-refractivity contribution in [3.8, 4) is 5.75 Å². The van der Waals surface area contributed by atoms with E-state index >= 15 is 0 Å². The van der Waals surface area contributed by atoms with Gasteiger partial charge in [0.25, 0.3) is 10.0 Å². The number of carbonyl (C=O) groups excluding carboxylic acids is 1. The standard InChI is InChI=1S/C26H24F3NO5S.Na/c1-16(27)14-30(36(33,34)23-12-21(28)11-22(29)13-23)24-9-19-3-2-4-20(19)10-25(24)35-15-17-5-7-18(8-6-17)26(31)32;/h5-13,16H,2-4,14-15H2,1H3,(H,31,32);/q;+1/p-1. The molecule has 190 valence electrons. The van der Waals surface area contributed by atoms with Gasteiger partial charge in [-0.15, -0.1) is 0 Å². The minimum absolute atomic E-state index is 0. The van der Waals surface area contributed by atoms with Crippen LogP contribution in [-0.4, -0.2) is 27.1 Å². The first-order valence-corrected chi connectivity index (χ1v) is 12.7. The van der Waals surface area contributed by atoms with Gasteiger partial charge >= 0.3 is 29.6 Å². The number of carboxylic acid groups (broad SMARTS) is 1. The fourth-order valence-corrected chi connectivity index (χ4v) is 5.74. The summed E-state index contributed by atoms with van der Waals surface area (Å²) in [6, 6.07) is 11.0. The summed E-state index contributed by atoms with van der Waals surface area (Å²) in [5.74, 6) is -3.32. The molecule has 0 radical (unpaired) electrons. The van der Waals surface area contributed by atoms with Crippen LogP contribution >= 0.6 is 0 Å². The Bertz CT molecular complexity index is 1380. The number of benzene rings is 3. The van der Waals surface area contributed by atoms with E-state index in [1.807, 2.05) is 0 Å². The molecule has 0 heterocycles. The summed E-state index contributed by atoms with van der Waals surface area (Å²) < 4.78 is 75.7. The Morgan fingerprint density at radius 3 is 2.19 bits per heavy atom. The predicted molar refractivity (Wildman–Crippen MR) is 125 cm³/mol. The van der Waals surface area contributed by atoms with Crippen LogP contribution in [0, 0.1) is 11.6 Å². The number of fused-ring (bicyclic) bond motifs is 1. The molecule has 0 spiro atoms. The molecule has 1 unspecified atom stereocenters. The van der Waals surface area contributed by atoms with Gasteiger partial charge in [0.05, 0.1) is 23.1 Å². The molecule has 0 bridgehead atoms. The van der Waals surface area contributed by atoms with Crippen molar-refractivity contribution >= 4 is 21.7 Å². The molecule has 1 atom stereocenters. The fourth-order valence-electron chi connectivity index (χ4n) is 4.16. The van der Waals surface area contributed by atoms with E-state index < -0.39 is 45.2 Å². The molecular weight excluding hydrogens is 518 g/mol. The summed E-state index contributed by atoms with van der Waals surface area (Å²) in [7, 11) is -4.57. The second-order valence-corrected chi connectivity index (χ2v) is 10.5. The SMILES string of the molecule is CC(F)CN(c1cc2c(cc1OCc1ccc(C(=O)[O-])cc1)CCC2)S(=O)(=O)c1cc(F)cc(F)c1.[Na+]. The van der Waals surface area contributed by atoms with Gasteiger partial charge in [0, 0.05) is 6.07 Å². The molecule has 1 aliphatic rings. The predicted octanol–water partition coefficient (Wildman–Crippen LogP) is 0.953. The molecule has 0 N–H and O–H groups in total. The van der Waals surface area contributed by atoms with E-state index in [0.29, 0.717) is 30.2 Å². The van der Waals surface area contributed by atoms with Gasteiger partial charge in [0.1, 0.15) is 30.2 Å². The number of carboxylic acids is 1. The molecule has 11 heteroatoms. The van der Waals surface area contributed by atoms with Gasteiger partial charge in [0.2, 0.25) is 0 Å². The molecule has 0 saturated carbocycles. The van der Waals surface area contributed by atoms with Crippen LogP contribution < -0.4 is 43.7 Å². The van der Waals surface area contributed by atoms with E-state index in [9.17, 15) is 31.5 Å². The van der Waals surface area contributed by atoms with Gasteiger partial charge in [-0.3, -0.25) is 4.31 Å². The van der Waals surface area contributed by atoms with Crippen LogP contribution in [0.2, 0.25) is 0 Å². The van der Waals surface area contributed by atoms with Gasteiger partial charge in [-0.1, -0.05) is 24.3 Å². The van der Waals surface area contributed by atoms with Crippen molar-refractivity contribution < 1.29 is 65.8 Å². The maximum atomic E-state index is 14.3. The number of nitrogens with zero attached hydrogens (tertiary/aromatic N) is 1. The van der Waals surface area contributed by atoms with Crippen molar-refractivity contribution in [3.05, 3.63) is 88.5 Å². The first kappa shape index (κ1) is 29.0. The number of hydrogen-bond donors (Lipinski definition) is 0. The Hall–Kier alpha value is -2.53. The number of hydrogen-bond acceptors (Lipinski definition) is 5. The maximum absolute atomic E-state index is 14.3. The van der Waals surface area contributed by atoms with E-state index in [1.165, 1.54) is 31.2 Å².